The molecule has 0 unspecified atom stereocenters. The van der Waals surface area contributed by atoms with Crippen LogP contribution in [0.25, 0.3) is 0 Å². The smallest absolute Gasteiger partial charge is 0.316 e. The van der Waals surface area contributed by atoms with Crippen LogP contribution in [0.3, 0.4) is 0 Å². The average Bonchev–Trinajstić information content (AvgIpc) is 2.40. The quantitative estimate of drug-likeness (QED) is 0.770. The normalized spacial score (nSPS) is 10.1. The molecular formula is C14H13BrClN3O. The maximum atomic E-state index is 10.8. The molecule has 0 aliphatic heterocycles. The molecule has 4 nitrogen and oxygen atoms in total. The summed E-state index contributed by atoms with van der Waals surface area (Å²) in [5, 5.41) is 6.46. The number of hydrogen-bond donors (Lipinski definition) is 3. The minimum atomic E-state index is -0.582. The highest BCUT2D eigenvalue weighted by molar-refractivity contribution is 9.10. The summed E-state index contributed by atoms with van der Waals surface area (Å²) in [5.41, 5.74) is 7.68. The van der Waals surface area contributed by atoms with Crippen LogP contribution in [-0.4, -0.2) is 6.03 Å². The highest BCUT2D eigenvalue weighted by Crippen LogP contribution is 2.24. The molecule has 0 aliphatic carbocycles. The van der Waals surface area contributed by atoms with E-state index in [-0.39, 0.29) is 0 Å². The molecule has 0 atom stereocenters. The van der Waals surface area contributed by atoms with Crippen LogP contribution < -0.4 is 16.4 Å². The van der Waals surface area contributed by atoms with Gasteiger partial charge in [-0.15, -0.1) is 0 Å². The first kappa shape index (κ1) is 14.7. The summed E-state index contributed by atoms with van der Waals surface area (Å²) in [6.07, 6.45) is 0. The van der Waals surface area contributed by atoms with Crippen molar-refractivity contribution in [2.75, 3.05) is 10.6 Å². The van der Waals surface area contributed by atoms with Crippen molar-refractivity contribution in [2.24, 2.45) is 5.73 Å². The van der Waals surface area contributed by atoms with Gasteiger partial charge in [-0.1, -0.05) is 23.7 Å². The summed E-state index contributed by atoms with van der Waals surface area (Å²) in [7, 11) is 0. The van der Waals surface area contributed by atoms with Crippen LogP contribution in [0.1, 0.15) is 5.56 Å². The zero-order valence-electron chi connectivity index (χ0n) is 10.5. The highest BCUT2D eigenvalue weighted by Gasteiger charge is 2.01. The number of carbonyl (C=O) groups is 1. The molecule has 2 rings (SSSR count). The van der Waals surface area contributed by atoms with Crippen molar-refractivity contribution in [1.82, 2.24) is 0 Å². The maximum Gasteiger partial charge on any atom is 0.316 e. The predicted molar refractivity (Wildman–Crippen MR) is 86.1 cm³/mol. The molecule has 0 saturated heterocycles. The first-order chi connectivity index (χ1) is 9.54. The largest absolute Gasteiger partial charge is 0.381 e. The molecule has 0 spiro atoms. The fourth-order valence-corrected chi connectivity index (χ4v) is 2.15. The lowest BCUT2D eigenvalue weighted by Gasteiger charge is -2.09. The second kappa shape index (κ2) is 6.63. The van der Waals surface area contributed by atoms with Crippen LogP contribution in [0.4, 0.5) is 16.2 Å². The van der Waals surface area contributed by atoms with Crippen molar-refractivity contribution in [3.05, 3.63) is 57.5 Å². The van der Waals surface area contributed by atoms with Gasteiger partial charge in [0.2, 0.25) is 0 Å². The molecule has 0 heterocycles. The number of carbonyl (C=O) groups excluding carboxylic acids is 1. The van der Waals surface area contributed by atoms with Crippen molar-refractivity contribution < 1.29 is 4.79 Å². The SMILES string of the molecule is NC(=O)Nc1cccc(NCc2ccc(Br)c(Cl)c2)c1. The van der Waals surface area contributed by atoms with Crippen LogP contribution in [0.15, 0.2) is 46.9 Å². The third kappa shape index (κ3) is 4.15. The van der Waals surface area contributed by atoms with Crippen molar-refractivity contribution in [3.63, 3.8) is 0 Å². The molecule has 0 radical (unpaired) electrons. The molecule has 4 N–H and O–H groups in total. The summed E-state index contributed by atoms with van der Waals surface area (Å²) in [4.78, 5) is 10.8. The van der Waals surface area contributed by atoms with Gasteiger partial charge in [0, 0.05) is 22.4 Å². The fourth-order valence-electron chi connectivity index (χ4n) is 1.70. The molecule has 0 bridgehead atoms. The van der Waals surface area contributed by atoms with Gasteiger partial charge >= 0.3 is 6.03 Å². The number of amides is 2. The number of anilines is 2. The van der Waals surface area contributed by atoms with Gasteiger partial charge in [-0.2, -0.15) is 0 Å². The Hall–Kier alpha value is -1.72. The van der Waals surface area contributed by atoms with E-state index in [1.165, 1.54) is 0 Å². The van der Waals surface area contributed by atoms with E-state index in [1.54, 1.807) is 6.07 Å². The first-order valence-electron chi connectivity index (χ1n) is 5.89. The van der Waals surface area contributed by atoms with E-state index in [4.69, 9.17) is 17.3 Å². The van der Waals surface area contributed by atoms with E-state index in [9.17, 15) is 4.79 Å². The number of primary amides is 1. The number of rotatable bonds is 4. The van der Waals surface area contributed by atoms with Crippen molar-refractivity contribution in [2.45, 2.75) is 6.54 Å². The van der Waals surface area contributed by atoms with Gasteiger partial charge in [-0.05, 0) is 51.8 Å². The standard InChI is InChI=1S/C14H13BrClN3O/c15-12-5-4-9(6-13(12)16)8-18-10-2-1-3-11(7-10)19-14(17)20/h1-7,18H,8H2,(H3,17,19,20). The molecule has 2 aromatic carbocycles. The Labute approximate surface area is 130 Å². The Morgan fingerprint density at radius 2 is 1.95 bits per heavy atom. The Morgan fingerprint density at radius 1 is 1.20 bits per heavy atom. The molecule has 0 saturated carbocycles. The van der Waals surface area contributed by atoms with Crippen LogP contribution in [-0.2, 0) is 6.54 Å². The van der Waals surface area contributed by atoms with Gasteiger partial charge in [0.15, 0.2) is 0 Å². The Bertz CT molecular complexity index is 634. The summed E-state index contributed by atoms with van der Waals surface area (Å²) in [6, 6.07) is 12.5. The van der Waals surface area contributed by atoms with Crippen molar-refractivity contribution in [3.8, 4) is 0 Å². The second-order valence-electron chi connectivity index (χ2n) is 4.17. The summed E-state index contributed by atoms with van der Waals surface area (Å²) < 4.78 is 0.871. The number of halogens is 2. The van der Waals surface area contributed by atoms with Gasteiger partial charge in [-0.25, -0.2) is 4.79 Å². The second-order valence-corrected chi connectivity index (χ2v) is 5.43. The van der Waals surface area contributed by atoms with Gasteiger partial charge < -0.3 is 16.4 Å². The number of benzene rings is 2. The average molecular weight is 355 g/mol. The van der Waals surface area contributed by atoms with Crippen LogP contribution in [0, 0.1) is 0 Å². The Balaban J connectivity index is 2.03. The van der Waals surface area contributed by atoms with Crippen LogP contribution in [0.5, 0.6) is 0 Å². The summed E-state index contributed by atoms with van der Waals surface area (Å²) >= 11 is 9.40. The first-order valence-corrected chi connectivity index (χ1v) is 7.06. The third-order valence-corrected chi connectivity index (χ3v) is 3.84. The van der Waals surface area contributed by atoms with E-state index in [1.807, 2.05) is 36.4 Å². The number of hydrogen-bond acceptors (Lipinski definition) is 2. The van der Waals surface area contributed by atoms with Gasteiger partial charge in [0.05, 0.1) is 5.02 Å². The van der Waals surface area contributed by atoms with Gasteiger partial charge in [0.1, 0.15) is 0 Å². The van der Waals surface area contributed by atoms with Crippen molar-refractivity contribution in [1.29, 1.82) is 0 Å². The Morgan fingerprint density at radius 3 is 2.65 bits per heavy atom. The van der Waals surface area contributed by atoms with Crippen LogP contribution in [0.2, 0.25) is 5.02 Å². The molecule has 0 fully saturated rings. The minimum absolute atomic E-state index is 0.582. The molecular weight excluding hydrogens is 342 g/mol. The lowest BCUT2D eigenvalue weighted by Crippen LogP contribution is -2.19. The van der Waals surface area contributed by atoms with E-state index in [2.05, 4.69) is 26.6 Å². The molecule has 0 aliphatic rings. The van der Waals surface area contributed by atoms with E-state index in [0.29, 0.717) is 17.3 Å². The lowest BCUT2D eigenvalue weighted by molar-refractivity contribution is 0.259. The molecule has 2 amide bonds. The predicted octanol–water partition coefficient (Wildman–Crippen LogP) is 4.21. The van der Waals surface area contributed by atoms with Gasteiger partial charge in [0.25, 0.3) is 0 Å². The number of nitrogens with two attached hydrogens (primary N) is 1. The lowest BCUT2D eigenvalue weighted by atomic mass is 10.2. The van der Waals surface area contributed by atoms with E-state index in [0.717, 1.165) is 15.7 Å². The molecule has 20 heavy (non-hydrogen) atoms. The topological polar surface area (TPSA) is 67.2 Å². The molecule has 2 aromatic rings. The molecule has 104 valence electrons. The van der Waals surface area contributed by atoms with Crippen molar-refractivity contribution >= 4 is 44.9 Å². The van der Waals surface area contributed by atoms with E-state index >= 15 is 0 Å². The third-order valence-electron chi connectivity index (χ3n) is 2.61. The Kier molecular flexibility index (Phi) is 4.87. The minimum Gasteiger partial charge on any atom is -0.381 e. The fraction of sp³-hybridized carbons (Fsp3) is 0.0714. The highest BCUT2D eigenvalue weighted by atomic mass is 79.9. The zero-order valence-corrected chi connectivity index (χ0v) is 12.8. The number of urea groups is 1. The summed E-state index contributed by atoms with van der Waals surface area (Å²) in [5.74, 6) is 0. The van der Waals surface area contributed by atoms with Gasteiger partial charge in [-0.3, -0.25) is 0 Å². The number of nitrogens with one attached hydrogen (secondary N) is 2. The van der Waals surface area contributed by atoms with Crippen LogP contribution >= 0.6 is 27.5 Å². The zero-order chi connectivity index (χ0) is 14.5. The maximum absolute atomic E-state index is 10.8. The molecule has 0 aromatic heterocycles. The molecule has 6 heteroatoms. The van der Waals surface area contributed by atoms with E-state index < -0.39 is 6.03 Å². The summed E-state index contributed by atoms with van der Waals surface area (Å²) in [6.45, 7) is 0.632. The monoisotopic (exact) mass is 353 g/mol.